The molecule has 0 saturated carbocycles. The molecule has 2 aromatic carbocycles. The van der Waals surface area contributed by atoms with Gasteiger partial charge in [0, 0.05) is 11.6 Å². The van der Waals surface area contributed by atoms with Gasteiger partial charge in [0.15, 0.2) is 0 Å². The van der Waals surface area contributed by atoms with Gasteiger partial charge in [-0.1, -0.05) is 41.9 Å². The summed E-state index contributed by atoms with van der Waals surface area (Å²) in [5.74, 6) is -0.481. The lowest BCUT2D eigenvalue weighted by molar-refractivity contribution is 0.0952. The molecule has 0 aliphatic carbocycles. The first-order chi connectivity index (χ1) is 12.1. The zero-order valence-electron chi connectivity index (χ0n) is 13.2. The van der Waals surface area contributed by atoms with Gasteiger partial charge >= 0.3 is 0 Å². The molecule has 126 valence electrons. The first-order valence-electron chi connectivity index (χ1n) is 7.60. The van der Waals surface area contributed by atoms with E-state index >= 15 is 0 Å². The van der Waals surface area contributed by atoms with Gasteiger partial charge in [0.1, 0.15) is 0 Å². The van der Waals surface area contributed by atoms with E-state index in [1.807, 2.05) is 23.6 Å². The molecular weight excluding hydrogens is 356 g/mol. The fourth-order valence-electron chi connectivity index (χ4n) is 2.26. The van der Waals surface area contributed by atoms with Crippen LogP contribution in [0.2, 0.25) is 5.02 Å². The average Bonchev–Trinajstić information content (AvgIpc) is 3.16. The topological polar surface area (TPSA) is 58.2 Å². The molecule has 0 radical (unpaired) electrons. The van der Waals surface area contributed by atoms with Crippen molar-refractivity contribution in [3.8, 4) is 0 Å². The summed E-state index contributed by atoms with van der Waals surface area (Å²) in [6.45, 7) is 0.378. The summed E-state index contributed by atoms with van der Waals surface area (Å²) in [7, 11) is 0. The van der Waals surface area contributed by atoms with E-state index in [0.29, 0.717) is 27.7 Å². The molecule has 2 N–H and O–H groups in total. The SMILES string of the molecule is O=C(Nc1ccccc1C(=O)NCc1ccc(Cl)cc1)c1cccs1. The maximum Gasteiger partial charge on any atom is 0.265 e. The molecule has 0 aliphatic heterocycles. The van der Waals surface area contributed by atoms with Gasteiger partial charge in [-0.3, -0.25) is 9.59 Å². The lowest BCUT2D eigenvalue weighted by Crippen LogP contribution is -2.24. The van der Waals surface area contributed by atoms with Crippen molar-refractivity contribution in [2.24, 2.45) is 0 Å². The highest BCUT2D eigenvalue weighted by atomic mass is 35.5. The second-order valence-corrected chi connectivity index (χ2v) is 6.67. The number of hydrogen-bond acceptors (Lipinski definition) is 3. The molecule has 25 heavy (non-hydrogen) atoms. The van der Waals surface area contributed by atoms with Crippen LogP contribution in [0.25, 0.3) is 0 Å². The molecule has 0 spiro atoms. The largest absolute Gasteiger partial charge is 0.348 e. The second-order valence-electron chi connectivity index (χ2n) is 5.29. The van der Waals surface area contributed by atoms with Gasteiger partial charge in [-0.2, -0.15) is 0 Å². The molecule has 6 heteroatoms. The van der Waals surface area contributed by atoms with Crippen LogP contribution in [0.4, 0.5) is 5.69 Å². The number of para-hydroxylation sites is 1. The summed E-state index contributed by atoms with van der Waals surface area (Å²) < 4.78 is 0. The Hall–Kier alpha value is -2.63. The van der Waals surface area contributed by atoms with Crippen molar-refractivity contribution in [2.75, 3.05) is 5.32 Å². The van der Waals surface area contributed by atoms with Gasteiger partial charge in [-0.05, 0) is 41.3 Å². The summed E-state index contributed by atoms with van der Waals surface area (Å²) >= 11 is 7.20. The minimum Gasteiger partial charge on any atom is -0.348 e. The predicted molar refractivity (Wildman–Crippen MR) is 101 cm³/mol. The Balaban J connectivity index is 1.70. The number of anilines is 1. The molecule has 0 bridgehead atoms. The molecule has 3 aromatic rings. The molecule has 0 saturated heterocycles. The molecule has 1 heterocycles. The minimum atomic E-state index is -0.253. The summed E-state index contributed by atoms with van der Waals surface area (Å²) in [6, 6.07) is 17.7. The fraction of sp³-hybridized carbons (Fsp3) is 0.0526. The summed E-state index contributed by atoms with van der Waals surface area (Å²) in [6.07, 6.45) is 0. The predicted octanol–water partition coefficient (Wildman–Crippen LogP) is 4.58. The van der Waals surface area contributed by atoms with Crippen LogP contribution in [0, 0.1) is 0 Å². The average molecular weight is 371 g/mol. The van der Waals surface area contributed by atoms with Gasteiger partial charge in [0.05, 0.1) is 16.1 Å². The Labute approximate surface area is 154 Å². The van der Waals surface area contributed by atoms with Crippen molar-refractivity contribution in [2.45, 2.75) is 6.54 Å². The third-order valence-corrected chi connectivity index (χ3v) is 4.65. The quantitative estimate of drug-likeness (QED) is 0.690. The number of benzene rings is 2. The third-order valence-electron chi connectivity index (χ3n) is 3.53. The highest BCUT2D eigenvalue weighted by molar-refractivity contribution is 7.12. The zero-order valence-corrected chi connectivity index (χ0v) is 14.7. The van der Waals surface area contributed by atoms with Crippen LogP contribution in [-0.4, -0.2) is 11.8 Å². The molecule has 1 aromatic heterocycles. The number of rotatable bonds is 5. The van der Waals surface area contributed by atoms with Crippen LogP contribution >= 0.6 is 22.9 Å². The number of halogens is 1. The summed E-state index contributed by atoms with van der Waals surface area (Å²) in [5.41, 5.74) is 1.84. The molecule has 2 amide bonds. The number of hydrogen-bond donors (Lipinski definition) is 2. The number of amides is 2. The van der Waals surface area contributed by atoms with E-state index in [4.69, 9.17) is 11.6 Å². The van der Waals surface area contributed by atoms with E-state index in [-0.39, 0.29) is 11.8 Å². The van der Waals surface area contributed by atoms with Crippen LogP contribution < -0.4 is 10.6 Å². The monoisotopic (exact) mass is 370 g/mol. The molecule has 0 unspecified atom stereocenters. The van der Waals surface area contributed by atoms with Gasteiger partial charge in [0.25, 0.3) is 11.8 Å². The molecular formula is C19H15ClN2O2S. The molecule has 4 nitrogen and oxygen atoms in total. The minimum absolute atomic E-state index is 0.229. The van der Waals surface area contributed by atoms with Crippen molar-refractivity contribution in [3.63, 3.8) is 0 Å². The van der Waals surface area contributed by atoms with Gasteiger partial charge in [-0.15, -0.1) is 11.3 Å². The van der Waals surface area contributed by atoms with Crippen LogP contribution in [0.15, 0.2) is 66.0 Å². The zero-order chi connectivity index (χ0) is 17.6. The Kier molecular flexibility index (Phi) is 5.48. The lowest BCUT2D eigenvalue weighted by atomic mass is 10.1. The van der Waals surface area contributed by atoms with Gasteiger partial charge in [-0.25, -0.2) is 0 Å². The van der Waals surface area contributed by atoms with Crippen LogP contribution in [0.5, 0.6) is 0 Å². The third kappa shape index (κ3) is 4.47. The van der Waals surface area contributed by atoms with Crippen molar-refractivity contribution < 1.29 is 9.59 Å². The Bertz CT molecular complexity index is 877. The van der Waals surface area contributed by atoms with Crippen molar-refractivity contribution in [3.05, 3.63) is 87.1 Å². The standard InChI is InChI=1S/C19H15ClN2O2S/c20-14-9-7-13(8-10-14)12-21-18(23)15-4-1-2-5-16(15)22-19(24)17-6-3-11-25-17/h1-11H,12H2,(H,21,23)(H,22,24). The highest BCUT2D eigenvalue weighted by Crippen LogP contribution is 2.18. The molecule has 3 rings (SSSR count). The Morgan fingerprint density at radius 2 is 1.68 bits per heavy atom. The number of thiophene rings is 1. The fourth-order valence-corrected chi connectivity index (χ4v) is 3.01. The number of carbonyl (C=O) groups excluding carboxylic acids is 2. The smallest absolute Gasteiger partial charge is 0.265 e. The van der Waals surface area contributed by atoms with Crippen molar-refractivity contribution >= 4 is 40.4 Å². The number of carbonyl (C=O) groups is 2. The van der Waals surface area contributed by atoms with E-state index in [1.54, 1.807) is 42.5 Å². The second kappa shape index (κ2) is 7.96. The van der Waals surface area contributed by atoms with Gasteiger partial charge < -0.3 is 10.6 Å². The molecule has 0 atom stereocenters. The highest BCUT2D eigenvalue weighted by Gasteiger charge is 2.14. The maximum atomic E-state index is 12.5. The summed E-state index contributed by atoms with van der Waals surface area (Å²) in [4.78, 5) is 25.3. The Morgan fingerprint density at radius 3 is 2.40 bits per heavy atom. The van der Waals surface area contributed by atoms with E-state index in [9.17, 15) is 9.59 Å². The molecule has 0 aliphatic rings. The van der Waals surface area contributed by atoms with Gasteiger partial charge in [0.2, 0.25) is 0 Å². The molecule has 0 fully saturated rings. The van der Waals surface area contributed by atoms with Crippen molar-refractivity contribution in [1.29, 1.82) is 0 Å². The van der Waals surface area contributed by atoms with E-state index < -0.39 is 0 Å². The summed E-state index contributed by atoms with van der Waals surface area (Å²) in [5, 5.41) is 8.13. The van der Waals surface area contributed by atoms with E-state index in [0.717, 1.165) is 5.56 Å². The number of nitrogens with one attached hydrogen (secondary N) is 2. The van der Waals surface area contributed by atoms with Crippen LogP contribution in [-0.2, 0) is 6.54 Å². The van der Waals surface area contributed by atoms with Crippen LogP contribution in [0.1, 0.15) is 25.6 Å². The van der Waals surface area contributed by atoms with Crippen LogP contribution in [0.3, 0.4) is 0 Å². The first-order valence-corrected chi connectivity index (χ1v) is 8.86. The lowest BCUT2D eigenvalue weighted by Gasteiger charge is -2.11. The normalized spacial score (nSPS) is 10.3. The first kappa shape index (κ1) is 17.2. The van der Waals surface area contributed by atoms with Crippen molar-refractivity contribution in [1.82, 2.24) is 5.32 Å². The van der Waals surface area contributed by atoms with E-state index in [2.05, 4.69) is 10.6 Å². The maximum absolute atomic E-state index is 12.5. The Morgan fingerprint density at radius 1 is 0.920 bits per heavy atom. The van der Waals surface area contributed by atoms with E-state index in [1.165, 1.54) is 11.3 Å².